The van der Waals surface area contributed by atoms with Crippen LogP contribution < -0.4 is 5.84 Å². The highest BCUT2D eigenvalue weighted by Gasteiger charge is 2.06. The molecule has 0 fully saturated rings. The minimum Gasteiger partial charge on any atom is -0.323 e. The number of halogens is 1. The first-order chi connectivity index (χ1) is 8.22. The number of nitrogens with two attached hydrogens (primary N) is 1. The van der Waals surface area contributed by atoms with Crippen LogP contribution in [0.3, 0.4) is 0 Å². The van der Waals surface area contributed by atoms with Crippen molar-refractivity contribution in [3.8, 4) is 0 Å². The maximum Gasteiger partial charge on any atom is 0.123 e. The summed E-state index contributed by atoms with van der Waals surface area (Å²) >= 11 is 0. The SMILES string of the molecule is C=CC(=C\C=C/C)/C(=N\N)c1ccc(F)cc1. The average molecular weight is 230 g/mol. The molecule has 0 saturated heterocycles. The molecule has 0 amide bonds. The van der Waals surface area contributed by atoms with Gasteiger partial charge in [0.2, 0.25) is 0 Å². The fraction of sp³-hybridized carbons (Fsp3) is 0.0714. The van der Waals surface area contributed by atoms with Gasteiger partial charge in [-0.1, -0.05) is 30.9 Å². The molecule has 88 valence electrons. The average Bonchev–Trinajstić information content (AvgIpc) is 2.36. The topological polar surface area (TPSA) is 38.4 Å². The summed E-state index contributed by atoms with van der Waals surface area (Å²) in [6.07, 6.45) is 7.27. The van der Waals surface area contributed by atoms with Gasteiger partial charge in [-0.25, -0.2) is 4.39 Å². The van der Waals surface area contributed by atoms with Crippen LogP contribution in [0, 0.1) is 5.82 Å². The molecular weight excluding hydrogens is 215 g/mol. The zero-order chi connectivity index (χ0) is 12.7. The molecule has 0 saturated carbocycles. The minimum atomic E-state index is -0.289. The summed E-state index contributed by atoms with van der Waals surface area (Å²) in [5.41, 5.74) is 2.12. The Morgan fingerprint density at radius 2 is 2.00 bits per heavy atom. The first-order valence-electron chi connectivity index (χ1n) is 5.22. The lowest BCUT2D eigenvalue weighted by atomic mass is 10.0. The third-order valence-corrected chi connectivity index (χ3v) is 2.21. The van der Waals surface area contributed by atoms with E-state index in [9.17, 15) is 4.39 Å². The molecule has 3 heteroatoms. The van der Waals surface area contributed by atoms with E-state index in [1.807, 2.05) is 25.2 Å². The predicted octanol–water partition coefficient (Wildman–Crippen LogP) is 3.18. The molecule has 0 atom stereocenters. The van der Waals surface area contributed by atoms with Gasteiger partial charge in [-0.15, -0.1) is 0 Å². The van der Waals surface area contributed by atoms with Gasteiger partial charge < -0.3 is 5.84 Å². The van der Waals surface area contributed by atoms with Gasteiger partial charge in [-0.3, -0.25) is 0 Å². The number of nitrogens with zero attached hydrogens (tertiary/aromatic N) is 1. The van der Waals surface area contributed by atoms with E-state index in [1.54, 1.807) is 18.2 Å². The van der Waals surface area contributed by atoms with E-state index in [0.717, 1.165) is 11.1 Å². The second kappa shape index (κ2) is 6.43. The van der Waals surface area contributed by atoms with Crippen molar-refractivity contribution in [3.63, 3.8) is 0 Å². The molecule has 0 aromatic heterocycles. The number of allylic oxidation sites excluding steroid dienone is 5. The summed E-state index contributed by atoms with van der Waals surface area (Å²) < 4.78 is 12.8. The van der Waals surface area contributed by atoms with Crippen molar-refractivity contribution in [2.24, 2.45) is 10.9 Å². The lowest BCUT2D eigenvalue weighted by Crippen LogP contribution is -2.06. The van der Waals surface area contributed by atoms with E-state index in [-0.39, 0.29) is 5.82 Å². The molecule has 0 radical (unpaired) electrons. The van der Waals surface area contributed by atoms with Crippen LogP contribution in [0.25, 0.3) is 0 Å². The molecule has 0 aliphatic heterocycles. The third-order valence-electron chi connectivity index (χ3n) is 2.21. The van der Waals surface area contributed by atoms with Crippen LogP contribution in [0.5, 0.6) is 0 Å². The van der Waals surface area contributed by atoms with Crippen molar-refractivity contribution in [1.82, 2.24) is 0 Å². The van der Waals surface area contributed by atoms with Crippen molar-refractivity contribution < 1.29 is 4.39 Å². The molecule has 0 unspecified atom stereocenters. The van der Waals surface area contributed by atoms with Crippen molar-refractivity contribution >= 4 is 5.71 Å². The second-order valence-electron chi connectivity index (χ2n) is 3.34. The van der Waals surface area contributed by atoms with E-state index >= 15 is 0 Å². The summed E-state index contributed by atoms with van der Waals surface area (Å²) in [7, 11) is 0. The number of benzene rings is 1. The van der Waals surface area contributed by atoms with Gasteiger partial charge in [-0.2, -0.15) is 5.10 Å². The highest BCUT2D eigenvalue weighted by Crippen LogP contribution is 2.11. The van der Waals surface area contributed by atoms with Crippen molar-refractivity contribution in [2.45, 2.75) is 6.92 Å². The van der Waals surface area contributed by atoms with Crippen LogP contribution in [-0.2, 0) is 0 Å². The fourth-order valence-electron chi connectivity index (χ4n) is 1.37. The first kappa shape index (κ1) is 12.9. The summed E-state index contributed by atoms with van der Waals surface area (Å²) in [5.74, 6) is 5.08. The van der Waals surface area contributed by atoms with Gasteiger partial charge in [-0.05, 0) is 31.2 Å². The summed E-state index contributed by atoms with van der Waals surface area (Å²) in [6, 6.07) is 6.01. The van der Waals surface area contributed by atoms with Crippen molar-refractivity contribution in [1.29, 1.82) is 0 Å². The fourth-order valence-corrected chi connectivity index (χ4v) is 1.37. The Balaban J connectivity index is 3.15. The highest BCUT2D eigenvalue weighted by atomic mass is 19.1. The van der Waals surface area contributed by atoms with E-state index in [1.165, 1.54) is 12.1 Å². The first-order valence-corrected chi connectivity index (χ1v) is 5.22. The largest absolute Gasteiger partial charge is 0.323 e. The van der Waals surface area contributed by atoms with Crippen LogP contribution in [0.15, 0.2) is 65.8 Å². The Kier molecular flexibility index (Phi) is 4.88. The van der Waals surface area contributed by atoms with Gasteiger partial charge in [0.05, 0.1) is 5.71 Å². The molecular formula is C14H15FN2. The Morgan fingerprint density at radius 1 is 1.35 bits per heavy atom. The Hall–Kier alpha value is -2.16. The molecule has 0 spiro atoms. The van der Waals surface area contributed by atoms with Crippen molar-refractivity contribution in [2.75, 3.05) is 0 Å². The third kappa shape index (κ3) is 3.41. The monoisotopic (exact) mass is 230 g/mol. The van der Waals surface area contributed by atoms with Gasteiger partial charge in [0, 0.05) is 11.1 Å². The number of hydrogen-bond donors (Lipinski definition) is 1. The Labute approximate surface area is 101 Å². The minimum absolute atomic E-state index is 0.289. The van der Waals surface area contributed by atoms with Gasteiger partial charge in [0.1, 0.15) is 5.82 Å². The molecule has 1 aromatic carbocycles. The lowest BCUT2D eigenvalue weighted by Gasteiger charge is -2.05. The smallest absolute Gasteiger partial charge is 0.123 e. The molecule has 17 heavy (non-hydrogen) atoms. The van der Waals surface area contributed by atoms with Gasteiger partial charge in [0.15, 0.2) is 0 Å². The van der Waals surface area contributed by atoms with E-state index in [2.05, 4.69) is 11.7 Å². The van der Waals surface area contributed by atoms with E-state index in [4.69, 9.17) is 5.84 Å². The zero-order valence-electron chi connectivity index (χ0n) is 9.73. The molecule has 2 nitrogen and oxygen atoms in total. The van der Waals surface area contributed by atoms with Crippen LogP contribution in [0.4, 0.5) is 4.39 Å². The number of hydrazone groups is 1. The molecule has 1 rings (SSSR count). The molecule has 0 aliphatic carbocycles. The molecule has 0 aliphatic rings. The quantitative estimate of drug-likeness (QED) is 0.367. The maximum absolute atomic E-state index is 12.8. The molecule has 2 N–H and O–H groups in total. The molecule has 0 bridgehead atoms. The Bertz CT molecular complexity index is 468. The Morgan fingerprint density at radius 3 is 2.47 bits per heavy atom. The summed E-state index contributed by atoms with van der Waals surface area (Å²) in [6.45, 7) is 5.62. The van der Waals surface area contributed by atoms with Crippen LogP contribution in [-0.4, -0.2) is 5.71 Å². The number of hydrogen-bond acceptors (Lipinski definition) is 2. The van der Waals surface area contributed by atoms with Crippen molar-refractivity contribution in [3.05, 3.63) is 72.1 Å². The number of rotatable bonds is 4. The van der Waals surface area contributed by atoms with E-state index in [0.29, 0.717) is 5.71 Å². The highest BCUT2D eigenvalue weighted by molar-refractivity contribution is 6.14. The van der Waals surface area contributed by atoms with Crippen LogP contribution in [0.2, 0.25) is 0 Å². The van der Waals surface area contributed by atoms with Gasteiger partial charge >= 0.3 is 0 Å². The normalized spacial score (nSPS) is 13.1. The second-order valence-corrected chi connectivity index (χ2v) is 3.34. The van der Waals surface area contributed by atoms with Crippen LogP contribution in [0.1, 0.15) is 12.5 Å². The van der Waals surface area contributed by atoms with Gasteiger partial charge in [0.25, 0.3) is 0 Å². The summed E-state index contributed by atoms with van der Waals surface area (Å²) in [4.78, 5) is 0. The zero-order valence-corrected chi connectivity index (χ0v) is 9.73. The standard InChI is InChI=1S/C14H15FN2/c1-3-5-6-11(4-2)14(17-16)12-7-9-13(15)10-8-12/h3-10H,2,16H2,1H3/b5-3-,11-6+,17-14+. The van der Waals surface area contributed by atoms with Crippen LogP contribution >= 0.6 is 0 Å². The predicted molar refractivity (Wildman–Crippen MR) is 70.2 cm³/mol. The summed E-state index contributed by atoms with van der Waals surface area (Å²) in [5, 5.41) is 3.73. The van der Waals surface area contributed by atoms with E-state index < -0.39 is 0 Å². The maximum atomic E-state index is 12.8. The lowest BCUT2D eigenvalue weighted by molar-refractivity contribution is 0.628. The molecule has 1 aromatic rings. The molecule has 0 heterocycles.